The molecule has 1 saturated carbocycles. The zero-order valence-corrected chi connectivity index (χ0v) is 13.8. The van der Waals surface area contributed by atoms with Crippen LogP contribution in [-0.4, -0.2) is 29.6 Å². The molecule has 1 fully saturated rings. The normalized spacial score (nSPS) is 31.5. The van der Waals surface area contributed by atoms with Crippen molar-refractivity contribution < 1.29 is 0 Å². The summed E-state index contributed by atoms with van der Waals surface area (Å²) in [6.07, 6.45) is 5.12. The number of likely N-dealkylation sites (N-methyl/N-ethyl adjacent to an activating group) is 1. The molecule has 2 bridgehead atoms. The SMILES string of the molecule is CCN(C(C)C)C1(CN)C2CCC1Cc1ccccc1C2. The summed E-state index contributed by atoms with van der Waals surface area (Å²) in [6.45, 7) is 8.88. The maximum absolute atomic E-state index is 6.44. The summed E-state index contributed by atoms with van der Waals surface area (Å²) in [6, 6.07) is 9.64. The fraction of sp³-hybridized carbons (Fsp3) is 0.684. The summed E-state index contributed by atoms with van der Waals surface area (Å²) in [5.41, 5.74) is 9.79. The van der Waals surface area contributed by atoms with E-state index in [0.717, 1.165) is 24.9 Å². The number of rotatable bonds is 4. The van der Waals surface area contributed by atoms with E-state index in [1.807, 2.05) is 0 Å². The number of fused-ring (bicyclic) bond motifs is 3. The van der Waals surface area contributed by atoms with Crippen molar-refractivity contribution in [1.29, 1.82) is 0 Å². The Morgan fingerprint density at radius 1 is 1.14 bits per heavy atom. The molecule has 1 aromatic rings. The number of nitrogens with zero attached hydrogens (tertiary/aromatic N) is 1. The van der Waals surface area contributed by atoms with Crippen molar-refractivity contribution in [2.75, 3.05) is 13.1 Å². The molecule has 0 radical (unpaired) electrons. The van der Waals surface area contributed by atoms with Crippen LogP contribution in [0.3, 0.4) is 0 Å². The minimum atomic E-state index is 0.210. The highest BCUT2D eigenvalue weighted by Gasteiger charge is 2.54. The van der Waals surface area contributed by atoms with Crippen LogP contribution < -0.4 is 5.73 Å². The lowest BCUT2D eigenvalue weighted by Gasteiger charge is -2.50. The van der Waals surface area contributed by atoms with Gasteiger partial charge in [-0.05, 0) is 69.0 Å². The van der Waals surface area contributed by atoms with Crippen LogP contribution in [0, 0.1) is 11.8 Å². The Kier molecular flexibility index (Phi) is 4.11. The molecule has 0 aliphatic heterocycles. The van der Waals surface area contributed by atoms with Gasteiger partial charge in [-0.25, -0.2) is 0 Å². The van der Waals surface area contributed by atoms with Gasteiger partial charge in [0.05, 0.1) is 0 Å². The third-order valence-electron chi connectivity index (χ3n) is 6.15. The van der Waals surface area contributed by atoms with E-state index >= 15 is 0 Å². The summed E-state index contributed by atoms with van der Waals surface area (Å²) in [5.74, 6) is 1.44. The topological polar surface area (TPSA) is 29.3 Å². The van der Waals surface area contributed by atoms with Crippen molar-refractivity contribution >= 4 is 0 Å². The maximum Gasteiger partial charge on any atom is 0.0396 e. The molecule has 2 unspecified atom stereocenters. The van der Waals surface area contributed by atoms with Gasteiger partial charge >= 0.3 is 0 Å². The van der Waals surface area contributed by atoms with Gasteiger partial charge in [-0.2, -0.15) is 0 Å². The average Bonchev–Trinajstić information content (AvgIpc) is 2.71. The molecule has 2 N–H and O–H groups in total. The first-order valence-electron chi connectivity index (χ1n) is 8.67. The van der Waals surface area contributed by atoms with Gasteiger partial charge in [0.1, 0.15) is 0 Å². The maximum atomic E-state index is 6.44. The second-order valence-electron chi connectivity index (χ2n) is 7.22. The molecule has 21 heavy (non-hydrogen) atoms. The highest BCUT2D eigenvalue weighted by atomic mass is 15.2. The summed E-state index contributed by atoms with van der Waals surface area (Å²) in [5, 5.41) is 0. The number of benzene rings is 1. The van der Waals surface area contributed by atoms with Gasteiger partial charge < -0.3 is 5.73 Å². The van der Waals surface area contributed by atoms with E-state index in [0.29, 0.717) is 6.04 Å². The third kappa shape index (κ3) is 2.24. The number of hydrogen-bond donors (Lipinski definition) is 1. The van der Waals surface area contributed by atoms with E-state index < -0.39 is 0 Å². The van der Waals surface area contributed by atoms with E-state index in [1.54, 1.807) is 11.1 Å². The van der Waals surface area contributed by atoms with Gasteiger partial charge in [0.2, 0.25) is 0 Å². The molecular formula is C19H30N2. The van der Waals surface area contributed by atoms with E-state index in [1.165, 1.54) is 25.7 Å². The fourth-order valence-electron chi connectivity index (χ4n) is 5.34. The molecule has 1 aromatic carbocycles. The van der Waals surface area contributed by atoms with Crippen LogP contribution in [0.4, 0.5) is 0 Å². The zero-order valence-electron chi connectivity index (χ0n) is 13.8. The molecule has 2 aliphatic rings. The molecule has 2 aliphatic carbocycles. The van der Waals surface area contributed by atoms with Crippen LogP contribution in [0.2, 0.25) is 0 Å². The number of hydrogen-bond acceptors (Lipinski definition) is 2. The highest BCUT2D eigenvalue weighted by Crippen LogP contribution is 2.50. The smallest absolute Gasteiger partial charge is 0.0396 e. The Morgan fingerprint density at radius 2 is 1.67 bits per heavy atom. The molecule has 0 heterocycles. The predicted octanol–water partition coefficient (Wildman–Crippen LogP) is 3.24. The second-order valence-corrected chi connectivity index (χ2v) is 7.22. The van der Waals surface area contributed by atoms with Crippen molar-refractivity contribution in [3.8, 4) is 0 Å². The lowest BCUT2D eigenvalue weighted by molar-refractivity contribution is 0.00333. The molecule has 3 rings (SSSR count). The summed E-state index contributed by atoms with van der Waals surface area (Å²) in [4.78, 5) is 2.71. The van der Waals surface area contributed by atoms with Crippen molar-refractivity contribution in [1.82, 2.24) is 4.90 Å². The first kappa shape index (κ1) is 15.1. The van der Waals surface area contributed by atoms with Crippen molar-refractivity contribution in [3.63, 3.8) is 0 Å². The molecule has 0 spiro atoms. The third-order valence-corrected chi connectivity index (χ3v) is 6.15. The van der Waals surface area contributed by atoms with E-state index in [9.17, 15) is 0 Å². The largest absolute Gasteiger partial charge is 0.329 e. The Hall–Kier alpha value is -0.860. The first-order valence-corrected chi connectivity index (χ1v) is 8.67. The highest BCUT2D eigenvalue weighted by molar-refractivity contribution is 5.32. The van der Waals surface area contributed by atoms with Crippen LogP contribution in [0.25, 0.3) is 0 Å². The molecular weight excluding hydrogens is 256 g/mol. The van der Waals surface area contributed by atoms with E-state index in [-0.39, 0.29) is 5.54 Å². The average molecular weight is 286 g/mol. The predicted molar refractivity (Wildman–Crippen MR) is 89.4 cm³/mol. The van der Waals surface area contributed by atoms with Gasteiger partial charge in [0.15, 0.2) is 0 Å². The van der Waals surface area contributed by atoms with E-state index in [2.05, 4.69) is 49.9 Å². The second kappa shape index (κ2) is 5.73. The van der Waals surface area contributed by atoms with Crippen LogP contribution in [0.15, 0.2) is 24.3 Å². The molecule has 2 heteroatoms. The Bertz CT molecular complexity index is 461. The van der Waals surface area contributed by atoms with E-state index in [4.69, 9.17) is 5.73 Å². The molecule has 2 atom stereocenters. The van der Waals surface area contributed by atoms with Gasteiger partial charge in [-0.1, -0.05) is 31.2 Å². The Balaban J connectivity index is 2.04. The fourth-order valence-corrected chi connectivity index (χ4v) is 5.34. The Labute approximate surface area is 129 Å². The quantitative estimate of drug-likeness (QED) is 0.920. The first-order chi connectivity index (χ1) is 10.1. The molecule has 0 aromatic heterocycles. The lowest BCUT2D eigenvalue weighted by atomic mass is 9.76. The summed E-state index contributed by atoms with van der Waals surface area (Å²) < 4.78 is 0. The van der Waals surface area contributed by atoms with Crippen LogP contribution >= 0.6 is 0 Å². The van der Waals surface area contributed by atoms with Crippen molar-refractivity contribution in [3.05, 3.63) is 35.4 Å². The van der Waals surface area contributed by atoms with Gasteiger partial charge in [-0.3, -0.25) is 4.90 Å². The lowest BCUT2D eigenvalue weighted by Crippen LogP contribution is -2.62. The van der Waals surface area contributed by atoms with Crippen LogP contribution in [0.1, 0.15) is 44.7 Å². The minimum Gasteiger partial charge on any atom is -0.329 e. The standard InChI is InChI=1S/C19H30N2/c1-4-21(14(2)3)19(13-20)17-9-10-18(19)12-16-8-6-5-7-15(16)11-17/h5-8,14,17-18H,4,9-13,20H2,1-3H3. The monoisotopic (exact) mass is 286 g/mol. The van der Waals surface area contributed by atoms with Crippen molar-refractivity contribution in [2.45, 2.75) is 58.0 Å². The molecule has 2 nitrogen and oxygen atoms in total. The molecule has 116 valence electrons. The van der Waals surface area contributed by atoms with Gasteiger partial charge in [0.25, 0.3) is 0 Å². The Morgan fingerprint density at radius 3 is 2.05 bits per heavy atom. The minimum absolute atomic E-state index is 0.210. The molecule has 0 saturated heterocycles. The van der Waals surface area contributed by atoms with Crippen LogP contribution in [-0.2, 0) is 12.8 Å². The number of nitrogens with two attached hydrogens (primary N) is 1. The van der Waals surface area contributed by atoms with Gasteiger partial charge in [0, 0.05) is 18.1 Å². The van der Waals surface area contributed by atoms with Crippen molar-refractivity contribution in [2.24, 2.45) is 17.6 Å². The summed E-state index contributed by atoms with van der Waals surface area (Å²) >= 11 is 0. The summed E-state index contributed by atoms with van der Waals surface area (Å²) in [7, 11) is 0. The van der Waals surface area contributed by atoms with Crippen LogP contribution in [0.5, 0.6) is 0 Å². The molecule has 0 amide bonds. The zero-order chi connectivity index (χ0) is 15.0. The van der Waals surface area contributed by atoms with Gasteiger partial charge in [-0.15, -0.1) is 0 Å².